The molecule has 2 saturated carbocycles. The molecule has 6 aliphatic heterocycles. The number of amides is 6. The van der Waals surface area contributed by atoms with Crippen LogP contribution in [0.1, 0.15) is 197 Å². The quantitative estimate of drug-likeness (QED) is 0.0324. The summed E-state index contributed by atoms with van der Waals surface area (Å²) in [5.41, 5.74) is 20.6. The van der Waals surface area contributed by atoms with Gasteiger partial charge in [-0.25, -0.2) is 39.5 Å². The van der Waals surface area contributed by atoms with Crippen molar-refractivity contribution in [3.63, 3.8) is 0 Å². The normalized spacial score (nSPS) is 26.0. The highest BCUT2D eigenvalue weighted by Crippen LogP contribution is 2.44. The van der Waals surface area contributed by atoms with E-state index >= 15 is 0 Å². The lowest BCUT2D eigenvalue weighted by atomic mass is 9.71. The second-order valence-electron chi connectivity index (χ2n) is 31.0. The fraction of sp³-hybridized carbons (Fsp3) is 0.610. The van der Waals surface area contributed by atoms with E-state index < -0.39 is 70.5 Å². The van der Waals surface area contributed by atoms with Crippen LogP contribution >= 0.6 is 0 Å². The van der Waals surface area contributed by atoms with Gasteiger partial charge in [0.2, 0.25) is 35.4 Å². The Morgan fingerprint density at radius 3 is 0.980 bits per heavy atom. The second-order valence-corrected chi connectivity index (χ2v) is 31.0. The fourth-order valence-electron chi connectivity index (χ4n) is 17.2. The molecule has 15 nitrogen and oxygen atoms in total. The van der Waals surface area contributed by atoms with Crippen molar-refractivity contribution in [2.45, 2.75) is 267 Å². The van der Waals surface area contributed by atoms with E-state index in [0.29, 0.717) is 80.6 Å². The van der Waals surface area contributed by atoms with Gasteiger partial charge < -0.3 is 47.9 Å². The van der Waals surface area contributed by atoms with Crippen LogP contribution in [0.5, 0.6) is 0 Å². The molecule has 24 heteroatoms. The lowest BCUT2D eigenvalue weighted by Crippen LogP contribution is -2.50. The summed E-state index contributed by atoms with van der Waals surface area (Å²) in [7, 11) is 0. The van der Waals surface area contributed by atoms with Gasteiger partial charge in [0.15, 0.2) is 34.9 Å². The molecule has 552 valence electrons. The topological polar surface area (TPSA) is 226 Å². The van der Waals surface area contributed by atoms with Gasteiger partial charge in [0.1, 0.15) is 17.5 Å². The molecule has 0 aromatic heterocycles. The SMILES string of the molecule is CC(C)(C)C1CCC(NC(=O)CCC(=O)N2[C@@H]3CC[C@H]2CC([C@H](N)Cc2cc(F)c(F)cc2F)C3)CC1.N[C@H](Cc1cc(F)c(F)cc1F)C1C[C@H]2CC[C@@H](C1)N2C(=O)CCC(=O)NC1CC1.N[C@H](Cc1cc(F)c(F)cc1F)C1C[C@H]2CC[C@@H](C1)N2C(=O)CCC(=O)NCc1ccccc1. The van der Waals surface area contributed by atoms with E-state index in [0.717, 1.165) is 101 Å². The largest absolute Gasteiger partial charge is 0.353 e. The number of nitrogens with one attached hydrogen (secondary N) is 3. The lowest BCUT2D eigenvalue weighted by molar-refractivity contribution is -0.138. The van der Waals surface area contributed by atoms with Crippen molar-refractivity contribution in [3.8, 4) is 0 Å². The first kappa shape index (κ1) is 76.6. The highest BCUT2D eigenvalue weighted by Gasteiger charge is 2.48. The number of carbonyl (C=O) groups excluding carboxylic acids is 6. The predicted octanol–water partition coefficient (Wildman–Crippen LogP) is 11.9. The summed E-state index contributed by atoms with van der Waals surface area (Å²) in [6.45, 7) is 7.26. The van der Waals surface area contributed by atoms with Gasteiger partial charge in [-0.05, 0) is 204 Å². The van der Waals surface area contributed by atoms with Crippen LogP contribution in [0.15, 0.2) is 66.7 Å². The van der Waals surface area contributed by atoms with Crippen LogP contribution in [0.25, 0.3) is 0 Å². The summed E-state index contributed by atoms with van der Waals surface area (Å²) < 4.78 is 122. The number of nitrogens with two attached hydrogens (primary N) is 3. The molecule has 8 fully saturated rings. The van der Waals surface area contributed by atoms with Crippen LogP contribution in [0.4, 0.5) is 39.5 Å². The van der Waals surface area contributed by atoms with Crippen LogP contribution in [0.3, 0.4) is 0 Å². The van der Waals surface area contributed by atoms with E-state index in [9.17, 15) is 68.3 Å². The molecule has 12 rings (SSSR count). The molecule has 12 atom stereocenters. The highest BCUT2D eigenvalue weighted by molar-refractivity contribution is 5.86. The van der Waals surface area contributed by atoms with E-state index in [4.69, 9.17) is 17.2 Å². The Bertz CT molecular complexity index is 3530. The summed E-state index contributed by atoms with van der Waals surface area (Å²) in [6.07, 6.45) is 17.3. The van der Waals surface area contributed by atoms with Crippen LogP contribution < -0.4 is 33.2 Å². The van der Waals surface area contributed by atoms with Gasteiger partial charge in [-0.15, -0.1) is 0 Å². The maximum Gasteiger partial charge on any atom is 0.223 e. The third-order valence-corrected chi connectivity index (χ3v) is 22.9. The minimum absolute atomic E-state index is 0.00659. The molecule has 4 aromatic carbocycles. The maximum absolute atomic E-state index is 14.1. The van der Waals surface area contributed by atoms with E-state index in [2.05, 4.69) is 36.7 Å². The molecule has 3 unspecified atom stereocenters. The first-order valence-corrected chi connectivity index (χ1v) is 36.5. The van der Waals surface area contributed by atoms with Gasteiger partial charge in [0, 0.05) is 130 Å². The molecule has 0 radical (unpaired) electrons. The Balaban J connectivity index is 0.000000164. The fourth-order valence-corrected chi connectivity index (χ4v) is 17.2. The number of benzene rings is 4. The summed E-state index contributed by atoms with van der Waals surface area (Å²) in [5, 5.41) is 8.88. The Kier molecular flexibility index (Phi) is 25.8. The number of halogens is 9. The molecule has 4 aromatic rings. The van der Waals surface area contributed by atoms with Gasteiger partial charge in [-0.2, -0.15) is 0 Å². The van der Waals surface area contributed by atoms with Crippen LogP contribution in [0.2, 0.25) is 0 Å². The molecule has 6 bridgehead atoms. The van der Waals surface area contributed by atoms with Crippen LogP contribution in [-0.2, 0) is 54.6 Å². The molecule has 9 N–H and O–H groups in total. The van der Waals surface area contributed by atoms with Crippen molar-refractivity contribution in [2.75, 3.05) is 0 Å². The number of piperidine rings is 3. The number of hydrogen-bond acceptors (Lipinski definition) is 9. The summed E-state index contributed by atoms with van der Waals surface area (Å²) in [5.74, 6) is -8.63. The average molecular weight is 1420 g/mol. The first-order chi connectivity index (χ1) is 48.0. The third-order valence-electron chi connectivity index (χ3n) is 22.9. The predicted molar refractivity (Wildman–Crippen MR) is 364 cm³/mol. The van der Waals surface area contributed by atoms with Gasteiger partial charge in [-0.3, -0.25) is 28.8 Å². The summed E-state index contributed by atoms with van der Waals surface area (Å²) >= 11 is 0. The maximum atomic E-state index is 14.1. The Morgan fingerprint density at radius 2 is 0.683 bits per heavy atom. The standard InChI is InChI=1S/C29H42F3N3O2.C26H30F3N3O2.C22H28F3N3O2/c1-29(2,3)19-4-6-20(7-5-19)34-27(36)10-11-28(37)35-21-8-9-22(35)13-18(12-21)26(33)15-17-14-24(31)25(32)16-23(17)30;27-21-14-23(29)22(28)12-17(21)13-24(30)18-10-19-6-7-20(11-18)32(19)26(34)9-8-25(33)31-15-16-4-2-1-3-5-16;23-17-11-19(25)18(24)9-12(17)10-20(26)13-7-15-3-4-16(8-13)28(15)22(30)6-5-21(29)27-14-1-2-14/h14,16,18-22,26H,4-13,15,33H2,1-3H3,(H,34,36);1-5,12,14,18-20,24H,6-11,13,15,30H2,(H,31,33);9,11,13-16,20H,1-8,10,26H2,(H,27,29)/t18?,19?,20?,21-,22+,26-;18?,19-,20+,24-;13?,15-,16+,20-/m111/s1. The van der Waals surface area contributed by atoms with Gasteiger partial charge in [-0.1, -0.05) is 51.1 Å². The van der Waals surface area contributed by atoms with E-state index in [1.54, 1.807) is 0 Å². The van der Waals surface area contributed by atoms with E-state index in [1.165, 1.54) is 0 Å². The van der Waals surface area contributed by atoms with Crippen molar-refractivity contribution in [2.24, 2.45) is 46.3 Å². The molecule has 101 heavy (non-hydrogen) atoms. The number of rotatable bonds is 22. The van der Waals surface area contributed by atoms with Crippen LogP contribution in [-0.4, -0.2) is 117 Å². The van der Waals surface area contributed by atoms with Crippen molar-refractivity contribution in [3.05, 3.63) is 141 Å². The lowest BCUT2D eigenvalue weighted by Gasteiger charge is -2.41. The molecule has 6 heterocycles. The number of fused-ring (bicyclic) bond motifs is 6. The first-order valence-electron chi connectivity index (χ1n) is 36.5. The molecule has 6 saturated heterocycles. The highest BCUT2D eigenvalue weighted by atomic mass is 19.2. The zero-order chi connectivity index (χ0) is 72.6. The third kappa shape index (κ3) is 20.2. The molecular weight excluding hydrogens is 1320 g/mol. The second kappa shape index (κ2) is 34.0. The Morgan fingerprint density at radius 1 is 0.396 bits per heavy atom. The van der Waals surface area contributed by atoms with E-state index in [-0.39, 0.29) is 170 Å². The summed E-state index contributed by atoms with van der Waals surface area (Å²) in [6, 6.07) is 13.6. The molecule has 2 aliphatic carbocycles. The van der Waals surface area contributed by atoms with Gasteiger partial charge >= 0.3 is 0 Å². The average Bonchev–Trinajstić information content (AvgIpc) is 1.67. The van der Waals surface area contributed by atoms with Gasteiger partial charge in [0.05, 0.1) is 0 Å². The van der Waals surface area contributed by atoms with Crippen molar-refractivity contribution in [1.29, 1.82) is 0 Å². The molecule has 0 spiro atoms. The van der Waals surface area contributed by atoms with Crippen molar-refractivity contribution in [1.82, 2.24) is 30.7 Å². The number of carbonyl (C=O) groups is 6. The van der Waals surface area contributed by atoms with Crippen LogP contribution in [0, 0.1) is 81.4 Å². The minimum Gasteiger partial charge on any atom is -0.353 e. The number of hydrogen-bond donors (Lipinski definition) is 6. The number of nitrogens with zero attached hydrogens (tertiary/aromatic N) is 3. The Hall–Kier alpha value is -7.05. The summed E-state index contributed by atoms with van der Waals surface area (Å²) in [4.78, 5) is 81.1. The van der Waals surface area contributed by atoms with Gasteiger partial charge in [0.25, 0.3) is 0 Å². The van der Waals surface area contributed by atoms with Crippen molar-refractivity contribution >= 4 is 35.4 Å². The zero-order valence-corrected chi connectivity index (χ0v) is 58.2. The molecule has 6 amide bonds. The smallest absolute Gasteiger partial charge is 0.223 e. The zero-order valence-electron chi connectivity index (χ0n) is 58.2. The van der Waals surface area contributed by atoms with E-state index in [1.807, 2.05) is 45.0 Å². The molecular formula is C77H100F9N9O6. The monoisotopic (exact) mass is 1420 g/mol. The minimum atomic E-state index is -1.21. The Labute approximate surface area is 586 Å². The van der Waals surface area contributed by atoms with Crippen molar-refractivity contribution < 1.29 is 68.3 Å². The molecule has 8 aliphatic rings.